The number of carbonyl (C=O) groups is 1. The van der Waals surface area contributed by atoms with Gasteiger partial charge >= 0.3 is 6.09 Å². The number of hydrogen-bond donors (Lipinski definition) is 1. The van der Waals surface area contributed by atoms with Gasteiger partial charge in [0, 0.05) is 30.3 Å². The van der Waals surface area contributed by atoms with Crippen molar-refractivity contribution in [3.8, 4) is 22.5 Å². The van der Waals surface area contributed by atoms with Gasteiger partial charge in [-0.1, -0.05) is 90.8 Å². The lowest BCUT2D eigenvalue weighted by Gasteiger charge is -2.12. The lowest BCUT2D eigenvalue weighted by molar-refractivity contribution is -0.385. The number of nitrogens with zero attached hydrogens (tertiary/aromatic N) is 4. The highest BCUT2D eigenvalue weighted by atomic mass is 16.7. The van der Waals surface area contributed by atoms with E-state index in [1.807, 2.05) is 43.3 Å². The molecule has 0 fully saturated rings. The Bertz CT molecular complexity index is 1420. The van der Waals surface area contributed by atoms with Gasteiger partial charge in [-0.2, -0.15) is 0 Å². The van der Waals surface area contributed by atoms with E-state index in [0.717, 1.165) is 66.8 Å². The fourth-order valence-electron chi connectivity index (χ4n) is 4.39. The number of unbranched alkanes of at least 4 members (excludes halogenated alkanes) is 3. The Kier molecular flexibility index (Phi) is 9.55. The molecule has 1 N–H and O–H groups in total. The van der Waals surface area contributed by atoms with Crippen molar-refractivity contribution in [2.75, 3.05) is 6.54 Å². The minimum Gasteiger partial charge on any atom is -0.328 e. The van der Waals surface area contributed by atoms with Gasteiger partial charge in [0.25, 0.3) is 5.69 Å². The molecule has 0 aliphatic carbocycles. The van der Waals surface area contributed by atoms with Crippen LogP contribution in [0.2, 0.25) is 0 Å². The Morgan fingerprint density at radius 2 is 1.59 bits per heavy atom. The number of amides is 1. The highest BCUT2D eigenvalue weighted by Crippen LogP contribution is 2.33. The standard InChI is InChI=1S/C30H31N5O4/c1-23-33-28(24-14-6-4-7-15-24)29(25-16-8-5-9-17-25)34(23)21-13-3-2-12-20-31-30(36)39-32-22-26-18-10-11-19-27(26)35(37)38/h4-11,14-19,22H,2-3,12-13,20-21H2,1H3,(H,31,36). The van der Waals surface area contributed by atoms with Crippen molar-refractivity contribution < 1.29 is 14.6 Å². The van der Waals surface area contributed by atoms with E-state index in [-0.39, 0.29) is 11.3 Å². The summed E-state index contributed by atoms with van der Waals surface area (Å²) in [4.78, 5) is 32.1. The number of benzene rings is 3. The zero-order valence-corrected chi connectivity index (χ0v) is 21.8. The number of nitrogens with one attached hydrogen (secondary N) is 1. The number of oxime groups is 1. The topological polar surface area (TPSA) is 112 Å². The van der Waals surface area contributed by atoms with Crippen LogP contribution in [0, 0.1) is 17.0 Å². The molecule has 0 radical (unpaired) electrons. The number of aryl methyl sites for hydroxylation is 1. The molecule has 1 aromatic heterocycles. The van der Waals surface area contributed by atoms with Crippen LogP contribution in [0.3, 0.4) is 0 Å². The van der Waals surface area contributed by atoms with Crippen LogP contribution in [-0.2, 0) is 11.4 Å². The van der Waals surface area contributed by atoms with Crippen LogP contribution >= 0.6 is 0 Å². The Morgan fingerprint density at radius 3 is 2.31 bits per heavy atom. The number of nitro benzene ring substituents is 1. The van der Waals surface area contributed by atoms with Crippen LogP contribution in [0.4, 0.5) is 10.5 Å². The second-order valence-corrected chi connectivity index (χ2v) is 9.01. The molecule has 0 aliphatic rings. The largest absolute Gasteiger partial charge is 0.433 e. The monoisotopic (exact) mass is 525 g/mol. The zero-order valence-electron chi connectivity index (χ0n) is 21.8. The SMILES string of the molecule is Cc1nc(-c2ccccc2)c(-c2ccccc2)n1CCCCCCNC(=O)ON=Cc1ccccc1[N+](=O)[O-]. The highest BCUT2D eigenvalue weighted by Gasteiger charge is 2.17. The molecule has 4 aromatic rings. The normalized spacial score (nSPS) is 11.0. The van der Waals surface area contributed by atoms with Crippen LogP contribution in [0.5, 0.6) is 0 Å². The van der Waals surface area contributed by atoms with Gasteiger partial charge in [-0.25, -0.2) is 9.78 Å². The molecule has 3 aromatic carbocycles. The van der Waals surface area contributed by atoms with Crippen molar-refractivity contribution in [3.63, 3.8) is 0 Å². The van der Waals surface area contributed by atoms with Crippen LogP contribution in [0.1, 0.15) is 37.1 Å². The second-order valence-electron chi connectivity index (χ2n) is 9.01. The Labute approximate surface area is 227 Å². The molecule has 1 heterocycles. The van der Waals surface area contributed by atoms with Crippen LogP contribution in [-0.4, -0.2) is 33.3 Å². The smallest absolute Gasteiger partial charge is 0.328 e. The van der Waals surface area contributed by atoms with E-state index in [9.17, 15) is 14.9 Å². The summed E-state index contributed by atoms with van der Waals surface area (Å²) in [5.74, 6) is 0.985. The third kappa shape index (κ3) is 7.38. The van der Waals surface area contributed by atoms with Crippen molar-refractivity contribution in [1.29, 1.82) is 0 Å². The quantitative estimate of drug-likeness (QED) is 0.0722. The molecular weight excluding hydrogens is 494 g/mol. The van der Waals surface area contributed by atoms with Gasteiger partial charge in [0.15, 0.2) is 0 Å². The summed E-state index contributed by atoms with van der Waals surface area (Å²) in [5, 5.41) is 17.2. The van der Waals surface area contributed by atoms with Crippen LogP contribution in [0.25, 0.3) is 22.5 Å². The van der Waals surface area contributed by atoms with Crippen molar-refractivity contribution >= 4 is 18.0 Å². The molecule has 39 heavy (non-hydrogen) atoms. The lowest BCUT2D eigenvalue weighted by atomic mass is 10.0. The van der Waals surface area contributed by atoms with E-state index in [0.29, 0.717) is 6.54 Å². The van der Waals surface area contributed by atoms with E-state index in [1.165, 1.54) is 12.1 Å². The summed E-state index contributed by atoms with van der Waals surface area (Å²) in [5.41, 5.74) is 4.52. The summed E-state index contributed by atoms with van der Waals surface area (Å²) in [7, 11) is 0. The molecule has 0 unspecified atom stereocenters. The van der Waals surface area contributed by atoms with Gasteiger partial charge in [-0.3, -0.25) is 15.0 Å². The van der Waals surface area contributed by atoms with Crippen LogP contribution < -0.4 is 5.32 Å². The first-order chi connectivity index (χ1) is 19.0. The molecule has 9 heteroatoms. The Balaban J connectivity index is 1.24. The molecule has 0 spiro atoms. The Morgan fingerprint density at radius 1 is 0.949 bits per heavy atom. The number of carbonyl (C=O) groups excluding carboxylic acids is 1. The average Bonchev–Trinajstić information content (AvgIpc) is 3.29. The molecule has 1 amide bonds. The fourth-order valence-corrected chi connectivity index (χ4v) is 4.39. The summed E-state index contributed by atoms with van der Waals surface area (Å²) in [6, 6.07) is 26.7. The minimum absolute atomic E-state index is 0.108. The summed E-state index contributed by atoms with van der Waals surface area (Å²) < 4.78 is 2.29. The number of hydrogen-bond acceptors (Lipinski definition) is 6. The van der Waals surface area contributed by atoms with Gasteiger partial charge in [0.1, 0.15) is 5.82 Å². The number of rotatable bonds is 12. The van der Waals surface area contributed by atoms with E-state index < -0.39 is 11.0 Å². The number of aromatic nitrogens is 2. The molecule has 0 bridgehead atoms. The van der Waals surface area contributed by atoms with Gasteiger partial charge < -0.3 is 9.88 Å². The first kappa shape index (κ1) is 27.3. The van der Waals surface area contributed by atoms with Crippen molar-refractivity contribution in [1.82, 2.24) is 14.9 Å². The first-order valence-electron chi connectivity index (χ1n) is 12.9. The van der Waals surface area contributed by atoms with Gasteiger partial charge in [0.05, 0.1) is 28.1 Å². The lowest BCUT2D eigenvalue weighted by Crippen LogP contribution is -2.23. The molecule has 4 rings (SSSR count). The van der Waals surface area contributed by atoms with Gasteiger partial charge in [0.2, 0.25) is 0 Å². The molecule has 9 nitrogen and oxygen atoms in total. The second kappa shape index (κ2) is 13.7. The summed E-state index contributed by atoms with van der Waals surface area (Å²) in [6.45, 7) is 3.36. The molecule has 0 saturated carbocycles. The van der Waals surface area contributed by atoms with Gasteiger partial charge in [-0.05, 0) is 25.8 Å². The maximum Gasteiger partial charge on any atom is 0.433 e. The number of para-hydroxylation sites is 1. The molecule has 0 atom stereocenters. The fraction of sp³-hybridized carbons (Fsp3) is 0.233. The van der Waals surface area contributed by atoms with Crippen molar-refractivity contribution in [2.45, 2.75) is 39.2 Å². The highest BCUT2D eigenvalue weighted by molar-refractivity contribution is 5.85. The van der Waals surface area contributed by atoms with E-state index in [1.54, 1.807) is 12.1 Å². The number of imidazole rings is 1. The summed E-state index contributed by atoms with van der Waals surface area (Å²) in [6.07, 6.45) is 4.18. The van der Waals surface area contributed by atoms with Crippen molar-refractivity contribution in [3.05, 3.63) is 106 Å². The third-order valence-corrected chi connectivity index (χ3v) is 6.29. The van der Waals surface area contributed by atoms with E-state index >= 15 is 0 Å². The third-order valence-electron chi connectivity index (χ3n) is 6.29. The first-order valence-corrected chi connectivity index (χ1v) is 12.9. The molecule has 0 saturated heterocycles. The van der Waals surface area contributed by atoms with Crippen molar-refractivity contribution in [2.24, 2.45) is 5.16 Å². The van der Waals surface area contributed by atoms with Crippen LogP contribution in [0.15, 0.2) is 90.1 Å². The maximum absolute atomic E-state index is 11.9. The predicted molar refractivity (Wildman–Crippen MR) is 151 cm³/mol. The maximum atomic E-state index is 11.9. The summed E-state index contributed by atoms with van der Waals surface area (Å²) >= 11 is 0. The Hall–Kier alpha value is -4.79. The zero-order chi connectivity index (χ0) is 27.5. The van der Waals surface area contributed by atoms with E-state index in [4.69, 9.17) is 9.82 Å². The average molecular weight is 526 g/mol. The predicted octanol–water partition coefficient (Wildman–Crippen LogP) is 6.75. The molecule has 0 aliphatic heterocycles. The number of nitro groups is 1. The minimum atomic E-state index is -0.695. The van der Waals surface area contributed by atoms with Gasteiger partial charge in [-0.15, -0.1) is 0 Å². The molecular formula is C30H31N5O4. The van der Waals surface area contributed by atoms with E-state index in [2.05, 4.69) is 39.3 Å². The molecule has 200 valence electrons.